The highest BCUT2D eigenvalue weighted by Gasteiger charge is 2.00. The fourth-order valence-electron chi connectivity index (χ4n) is 0.725. The van der Waals surface area contributed by atoms with Crippen LogP contribution in [0.3, 0.4) is 0 Å². The maximum Gasteiger partial charge on any atom is 0.147 e. The lowest BCUT2D eigenvalue weighted by atomic mass is 10.4. The van der Waals surface area contributed by atoms with Crippen LogP contribution in [0.5, 0.6) is 0 Å². The van der Waals surface area contributed by atoms with Gasteiger partial charge in [-0.1, -0.05) is 13.8 Å². The van der Waals surface area contributed by atoms with Gasteiger partial charge >= 0.3 is 0 Å². The van der Waals surface area contributed by atoms with Gasteiger partial charge in [0.05, 0.1) is 5.75 Å². The molecule has 0 aliphatic heterocycles. The molecule has 0 atom stereocenters. The van der Waals surface area contributed by atoms with E-state index in [1.54, 1.807) is 0 Å². The lowest BCUT2D eigenvalue weighted by Gasteiger charge is -2.06. The molecule has 0 saturated heterocycles. The summed E-state index contributed by atoms with van der Waals surface area (Å²) in [5, 5.41) is 3.15. The van der Waals surface area contributed by atoms with Crippen molar-refractivity contribution in [3.05, 3.63) is 0 Å². The Balaban J connectivity index is 3.30. The van der Waals surface area contributed by atoms with Gasteiger partial charge in [0, 0.05) is 12.3 Å². The zero-order valence-corrected chi connectivity index (χ0v) is 8.24. The largest absolute Gasteiger partial charge is 0.314 e. The molecule has 0 aromatic heterocycles. The zero-order chi connectivity index (χ0) is 8.91. The fourth-order valence-corrected chi connectivity index (χ4v) is 1.39. The lowest BCUT2D eigenvalue weighted by Crippen LogP contribution is -2.25. The Labute approximate surface area is 69.1 Å². The molecule has 0 unspecified atom stereocenters. The van der Waals surface area contributed by atoms with Gasteiger partial charge in [-0.3, -0.25) is 0 Å². The van der Waals surface area contributed by atoms with E-state index >= 15 is 0 Å². The summed E-state index contributed by atoms with van der Waals surface area (Å²) >= 11 is 0. The number of nitrogens with one attached hydrogen (secondary N) is 1. The van der Waals surface area contributed by atoms with Crippen molar-refractivity contribution in [1.29, 1.82) is 0 Å². The van der Waals surface area contributed by atoms with E-state index < -0.39 is 9.84 Å². The van der Waals surface area contributed by atoms with Gasteiger partial charge in [0.2, 0.25) is 0 Å². The van der Waals surface area contributed by atoms with Crippen LogP contribution in [0.2, 0.25) is 0 Å². The summed E-state index contributed by atoms with van der Waals surface area (Å²) < 4.78 is 21.3. The topological polar surface area (TPSA) is 46.2 Å². The molecular weight excluding hydrogens is 162 g/mol. The Bertz CT molecular complexity index is 185. The van der Waals surface area contributed by atoms with Crippen LogP contribution in [-0.4, -0.2) is 33.0 Å². The van der Waals surface area contributed by atoms with Gasteiger partial charge in [0.15, 0.2) is 0 Å². The molecule has 0 aliphatic rings. The van der Waals surface area contributed by atoms with Crippen molar-refractivity contribution >= 4 is 9.84 Å². The Hall–Kier alpha value is -0.0900. The smallest absolute Gasteiger partial charge is 0.147 e. The highest BCUT2D eigenvalue weighted by Crippen LogP contribution is 1.87. The molecule has 0 amide bonds. The molecule has 11 heavy (non-hydrogen) atoms. The maximum atomic E-state index is 10.6. The molecule has 0 radical (unpaired) electrons. The lowest BCUT2D eigenvalue weighted by molar-refractivity contribution is 0.571. The summed E-state index contributed by atoms with van der Waals surface area (Å²) in [6.45, 7) is 4.87. The predicted molar refractivity (Wildman–Crippen MR) is 47.5 cm³/mol. The maximum absolute atomic E-state index is 10.6. The van der Waals surface area contributed by atoms with E-state index in [2.05, 4.69) is 5.32 Å². The summed E-state index contributed by atoms with van der Waals surface area (Å²) in [5.41, 5.74) is 0. The average Bonchev–Trinajstić information content (AvgIpc) is 1.78. The van der Waals surface area contributed by atoms with Gasteiger partial charge in [-0.15, -0.1) is 0 Å². The molecule has 4 heteroatoms. The van der Waals surface area contributed by atoms with E-state index in [4.69, 9.17) is 0 Å². The summed E-state index contributed by atoms with van der Waals surface area (Å²) in [7, 11) is -2.76. The minimum absolute atomic E-state index is 0.284. The van der Waals surface area contributed by atoms with Crippen molar-refractivity contribution in [2.75, 3.05) is 18.6 Å². The van der Waals surface area contributed by atoms with Crippen molar-refractivity contribution in [3.63, 3.8) is 0 Å². The Kier molecular flexibility index (Phi) is 4.68. The van der Waals surface area contributed by atoms with E-state index in [1.165, 1.54) is 6.26 Å². The van der Waals surface area contributed by atoms with Gasteiger partial charge in [0.1, 0.15) is 9.84 Å². The third-order valence-electron chi connectivity index (χ3n) is 1.24. The molecule has 0 spiro atoms. The Morgan fingerprint density at radius 2 is 1.91 bits per heavy atom. The molecule has 68 valence electrons. The molecule has 0 bridgehead atoms. The Morgan fingerprint density at radius 1 is 1.36 bits per heavy atom. The van der Waals surface area contributed by atoms with Crippen molar-refractivity contribution in [3.8, 4) is 0 Å². The number of hydrogen-bond donors (Lipinski definition) is 1. The Morgan fingerprint density at radius 3 is 2.27 bits per heavy atom. The van der Waals surface area contributed by atoms with Gasteiger partial charge in [-0.25, -0.2) is 8.42 Å². The quantitative estimate of drug-likeness (QED) is 0.622. The number of sulfone groups is 1. The van der Waals surface area contributed by atoms with Crippen LogP contribution in [0.1, 0.15) is 20.3 Å². The van der Waals surface area contributed by atoms with Gasteiger partial charge in [0.25, 0.3) is 0 Å². The highest BCUT2D eigenvalue weighted by molar-refractivity contribution is 7.90. The van der Waals surface area contributed by atoms with Gasteiger partial charge in [-0.05, 0) is 13.0 Å². The summed E-state index contributed by atoms with van der Waals surface area (Å²) in [5.74, 6) is 0.284. The van der Waals surface area contributed by atoms with Gasteiger partial charge < -0.3 is 5.32 Å². The number of rotatable bonds is 5. The summed E-state index contributed by atoms with van der Waals surface area (Å²) in [6, 6.07) is 0.439. The van der Waals surface area contributed by atoms with E-state index in [1.807, 2.05) is 13.8 Å². The molecule has 0 saturated carbocycles. The molecule has 0 heterocycles. The second-order valence-corrected chi connectivity index (χ2v) is 5.35. The first-order valence-corrected chi connectivity index (χ1v) is 5.89. The minimum atomic E-state index is -2.76. The molecule has 0 aromatic rings. The van der Waals surface area contributed by atoms with E-state index in [0.717, 1.165) is 6.54 Å². The first-order chi connectivity index (χ1) is 4.92. The normalized spacial score (nSPS) is 12.4. The molecule has 0 aliphatic carbocycles. The van der Waals surface area contributed by atoms with Crippen LogP contribution in [-0.2, 0) is 9.84 Å². The summed E-state index contributed by atoms with van der Waals surface area (Å²) in [4.78, 5) is 0. The average molecular weight is 179 g/mol. The molecular formula is C7H17NO2S. The van der Waals surface area contributed by atoms with E-state index in [-0.39, 0.29) is 5.75 Å². The first kappa shape index (κ1) is 10.9. The molecule has 0 aromatic carbocycles. The first-order valence-electron chi connectivity index (χ1n) is 3.83. The van der Waals surface area contributed by atoms with Crippen LogP contribution in [0.25, 0.3) is 0 Å². The molecule has 1 N–H and O–H groups in total. The van der Waals surface area contributed by atoms with Crippen molar-refractivity contribution in [2.45, 2.75) is 26.3 Å². The SMILES string of the molecule is CC(C)NCCCS(C)(=O)=O. The molecule has 3 nitrogen and oxygen atoms in total. The third kappa shape index (κ3) is 9.91. The van der Waals surface area contributed by atoms with Crippen molar-refractivity contribution in [1.82, 2.24) is 5.32 Å². The third-order valence-corrected chi connectivity index (χ3v) is 2.27. The predicted octanol–water partition coefficient (Wildman–Crippen LogP) is 0.419. The van der Waals surface area contributed by atoms with Crippen molar-refractivity contribution < 1.29 is 8.42 Å². The van der Waals surface area contributed by atoms with Crippen LogP contribution < -0.4 is 5.32 Å². The molecule has 0 rings (SSSR count). The minimum Gasteiger partial charge on any atom is -0.314 e. The number of hydrogen-bond acceptors (Lipinski definition) is 3. The monoisotopic (exact) mass is 179 g/mol. The second kappa shape index (κ2) is 4.72. The second-order valence-electron chi connectivity index (χ2n) is 3.09. The fraction of sp³-hybridized carbons (Fsp3) is 1.00. The van der Waals surface area contributed by atoms with Gasteiger partial charge in [-0.2, -0.15) is 0 Å². The van der Waals surface area contributed by atoms with Crippen LogP contribution >= 0.6 is 0 Å². The van der Waals surface area contributed by atoms with E-state index in [0.29, 0.717) is 12.5 Å². The van der Waals surface area contributed by atoms with Crippen LogP contribution in [0.15, 0.2) is 0 Å². The van der Waals surface area contributed by atoms with Crippen molar-refractivity contribution in [2.24, 2.45) is 0 Å². The van der Waals surface area contributed by atoms with Crippen LogP contribution in [0.4, 0.5) is 0 Å². The highest BCUT2D eigenvalue weighted by atomic mass is 32.2. The standard InChI is InChI=1S/C7H17NO2S/c1-7(2)8-5-4-6-11(3,9)10/h7-8H,4-6H2,1-3H3. The van der Waals surface area contributed by atoms with E-state index in [9.17, 15) is 8.42 Å². The zero-order valence-electron chi connectivity index (χ0n) is 7.42. The van der Waals surface area contributed by atoms with Crippen LogP contribution in [0, 0.1) is 0 Å². The summed E-state index contributed by atoms with van der Waals surface area (Å²) in [6.07, 6.45) is 1.97. The molecule has 0 fully saturated rings.